The van der Waals surface area contributed by atoms with Gasteiger partial charge < -0.3 is 0 Å². The number of rotatable bonds is 3. The van der Waals surface area contributed by atoms with Gasteiger partial charge >= 0.3 is 0 Å². The minimum absolute atomic E-state index is 0.469. The molecular weight excluding hydrogens is 312 g/mol. The van der Waals surface area contributed by atoms with Gasteiger partial charge in [-0.15, -0.1) is 0 Å². The van der Waals surface area contributed by atoms with Crippen LogP contribution in [0.2, 0.25) is 0 Å². The normalized spacial score (nSPS) is 18.8. The van der Waals surface area contributed by atoms with E-state index in [2.05, 4.69) is 32.1 Å². The van der Waals surface area contributed by atoms with Crippen molar-refractivity contribution < 1.29 is 0 Å². The van der Waals surface area contributed by atoms with Crippen molar-refractivity contribution in [2.45, 2.75) is 39.2 Å². The van der Waals surface area contributed by atoms with Crippen molar-refractivity contribution in [1.29, 1.82) is 0 Å². The van der Waals surface area contributed by atoms with E-state index < -0.39 is 0 Å². The Morgan fingerprint density at radius 3 is 2.88 bits per heavy atom. The van der Waals surface area contributed by atoms with E-state index in [0.717, 1.165) is 47.9 Å². The third kappa shape index (κ3) is 3.26. The average molecular weight is 336 g/mol. The minimum atomic E-state index is 0.469. The predicted molar refractivity (Wildman–Crippen MR) is 97.3 cm³/mol. The van der Waals surface area contributed by atoms with Gasteiger partial charge in [0.25, 0.3) is 0 Å². The van der Waals surface area contributed by atoms with Crippen LogP contribution >= 0.6 is 0 Å². The Bertz CT molecular complexity index is 900. The van der Waals surface area contributed by atoms with E-state index in [9.17, 15) is 0 Å². The average Bonchev–Trinajstić information content (AvgIpc) is 2.89. The number of hydrogen-bond donors (Lipinski definition) is 0. The highest BCUT2D eigenvalue weighted by Gasteiger charge is 2.23. The number of fused-ring (bicyclic) bond motifs is 1. The Labute approximate surface area is 147 Å². The molecule has 0 aliphatic carbocycles. The summed E-state index contributed by atoms with van der Waals surface area (Å²) in [5.41, 5.74) is 4.30. The highest BCUT2D eigenvalue weighted by molar-refractivity contribution is 5.78. The van der Waals surface area contributed by atoms with Gasteiger partial charge in [0.15, 0.2) is 5.65 Å². The Hall–Kier alpha value is -2.34. The van der Waals surface area contributed by atoms with E-state index in [-0.39, 0.29) is 0 Å². The molecule has 0 amide bonds. The van der Waals surface area contributed by atoms with Crippen molar-refractivity contribution >= 4 is 11.0 Å². The van der Waals surface area contributed by atoms with Gasteiger partial charge in [-0.2, -0.15) is 5.10 Å². The summed E-state index contributed by atoms with van der Waals surface area (Å²) in [6.45, 7) is 7.01. The van der Waals surface area contributed by atoms with Gasteiger partial charge in [-0.05, 0) is 51.4 Å². The number of nitrogens with zero attached hydrogens (tertiary/aromatic N) is 6. The lowest BCUT2D eigenvalue weighted by atomic mass is 9.94. The molecule has 3 aromatic heterocycles. The quantitative estimate of drug-likeness (QED) is 0.736. The molecule has 130 valence electrons. The largest absolute Gasteiger partial charge is 0.297 e. The van der Waals surface area contributed by atoms with Gasteiger partial charge in [0.1, 0.15) is 5.82 Å². The third-order valence-corrected chi connectivity index (χ3v) is 5.04. The molecule has 3 aromatic rings. The first kappa shape index (κ1) is 16.1. The lowest BCUT2D eigenvalue weighted by Gasteiger charge is -2.32. The second kappa shape index (κ2) is 6.52. The van der Waals surface area contributed by atoms with E-state index in [1.165, 1.54) is 18.5 Å². The molecule has 1 saturated heterocycles. The Kier molecular flexibility index (Phi) is 4.21. The van der Waals surface area contributed by atoms with Crippen molar-refractivity contribution in [3.05, 3.63) is 47.3 Å². The first-order valence-electron chi connectivity index (χ1n) is 8.91. The molecule has 4 heterocycles. The van der Waals surface area contributed by atoms with Crippen LogP contribution in [0.25, 0.3) is 11.0 Å². The molecule has 0 radical (unpaired) electrons. The van der Waals surface area contributed by atoms with E-state index >= 15 is 0 Å². The summed E-state index contributed by atoms with van der Waals surface area (Å²) in [5.74, 6) is 1.31. The molecule has 1 atom stereocenters. The summed E-state index contributed by atoms with van der Waals surface area (Å²) in [5, 5.41) is 5.63. The number of likely N-dealkylation sites (tertiary alicyclic amines) is 1. The number of aryl methyl sites for hydroxylation is 3. The van der Waals surface area contributed by atoms with Gasteiger partial charge in [-0.3, -0.25) is 9.58 Å². The van der Waals surface area contributed by atoms with Crippen LogP contribution in [0, 0.1) is 13.8 Å². The number of piperidine rings is 1. The number of pyridine rings is 1. The van der Waals surface area contributed by atoms with E-state index in [4.69, 9.17) is 4.98 Å². The highest BCUT2D eigenvalue weighted by atomic mass is 15.3. The van der Waals surface area contributed by atoms with E-state index in [1.54, 1.807) is 0 Å². The Morgan fingerprint density at radius 1 is 1.16 bits per heavy atom. The second-order valence-electron chi connectivity index (χ2n) is 6.99. The Morgan fingerprint density at radius 2 is 2.04 bits per heavy atom. The summed E-state index contributed by atoms with van der Waals surface area (Å²) < 4.78 is 1.89. The zero-order chi connectivity index (χ0) is 17.4. The predicted octanol–water partition coefficient (Wildman–Crippen LogP) is 2.75. The van der Waals surface area contributed by atoms with Gasteiger partial charge in [-0.25, -0.2) is 15.0 Å². The van der Waals surface area contributed by atoms with Crippen LogP contribution in [0.15, 0.2) is 24.4 Å². The molecule has 0 aromatic carbocycles. The third-order valence-electron chi connectivity index (χ3n) is 5.04. The first-order chi connectivity index (χ1) is 12.1. The maximum Gasteiger partial charge on any atom is 0.158 e. The lowest BCUT2D eigenvalue weighted by Crippen LogP contribution is -2.34. The van der Waals surface area contributed by atoms with Crippen molar-refractivity contribution in [2.24, 2.45) is 7.05 Å². The van der Waals surface area contributed by atoms with Crippen molar-refractivity contribution in [1.82, 2.24) is 29.6 Å². The molecule has 6 heteroatoms. The molecule has 6 nitrogen and oxygen atoms in total. The molecule has 0 unspecified atom stereocenters. The van der Waals surface area contributed by atoms with Crippen LogP contribution in [-0.4, -0.2) is 42.7 Å². The zero-order valence-electron chi connectivity index (χ0n) is 15.1. The fourth-order valence-electron chi connectivity index (χ4n) is 3.81. The summed E-state index contributed by atoms with van der Waals surface area (Å²) in [6, 6.07) is 6.37. The summed E-state index contributed by atoms with van der Waals surface area (Å²) in [6.07, 6.45) is 4.23. The monoisotopic (exact) mass is 336 g/mol. The summed E-state index contributed by atoms with van der Waals surface area (Å²) >= 11 is 0. The van der Waals surface area contributed by atoms with Gasteiger partial charge in [0, 0.05) is 43.3 Å². The number of aromatic nitrogens is 5. The molecule has 0 bridgehead atoms. The molecule has 1 aliphatic rings. The fourth-order valence-corrected chi connectivity index (χ4v) is 3.81. The molecule has 1 aliphatic heterocycles. The topological polar surface area (TPSA) is 59.7 Å². The van der Waals surface area contributed by atoms with Crippen LogP contribution in [0.3, 0.4) is 0 Å². The first-order valence-corrected chi connectivity index (χ1v) is 8.91. The highest BCUT2D eigenvalue weighted by Crippen LogP contribution is 2.28. The van der Waals surface area contributed by atoms with E-state index in [0.29, 0.717) is 5.92 Å². The molecule has 4 rings (SSSR count). The second-order valence-corrected chi connectivity index (χ2v) is 6.99. The molecule has 0 N–H and O–H groups in total. The number of hydrogen-bond acceptors (Lipinski definition) is 5. The van der Waals surface area contributed by atoms with Crippen LogP contribution in [0.4, 0.5) is 0 Å². The van der Waals surface area contributed by atoms with Crippen molar-refractivity contribution in [3.63, 3.8) is 0 Å². The zero-order valence-corrected chi connectivity index (χ0v) is 15.1. The Balaban J connectivity index is 1.53. The molecular formula is C19H24N6. The molecule has 0 spiro atoms. The lowest BCUT2D eigenvalue weighted by molar-refractivity contribution is 0.196. The van der Waals surface area contributed by atoms with E-state index in [1.807, 2.05) is 37.8 Å². The maximum atomic E-state index is 4.92. The SMILES string of the molecule is Cc1nccc(CN2CCC[C@@H](c3ccc4c(C)nn(C)c4n3)C2)n1. The van der Waals surface area contributed by atoms with Crippen LogP contribution < -0.4 is 0 Å². The molecule has 25 heavy (non-hydrogen) atoms. The minimum Gasteiger partial charge on any atom is -0.297 e. The van der Waals surface area contributed by atoms with Crippen molar-refractivity contribution in [3.8, 4) is 0 Å². The van der Waals surface area contributed by atoms with Crippen LogP contribution in [0.5, 0.6) is 0 Å². The maximum absolute atomic E-state index is 4.92. The van der Waals surface area contributed by atoms with Crippen molar-refractivity contribution in [2.75, 3.05) is 13.1 Å². The summed E-state index contributed by atoms with van der Waals surface area (Å²) in [4.78, 5) is 16.1. The van der Waals surface area contributed by atoms with Gasteiger partial charge in [0.05, 0.1) is 11.4 Å². The van der Waals surface area contributed by atoms with Gasteiger partial charge in [0.2, 0.25) is 0 Å². The summed E-state index contributed by atoms with van der Waals surface area (Å²) in [7, 11) is 1.97. The smallest absolute Gasteiger partial charge is 0.158 e. The molecule has 0 saturated carbocycles. The molecule has 1 fully saturated rings. The van der Waals surface area contributed by atoms with Crippen LogP contribution in [-0.2, 0) is 13.6 Å². The van der Waals surface area contributed by atoms with Gasteiger partial charge in [-0.1, -0.05) is 0 Å². The fraction of sp³-hybridized carbons (Fsp3) is 0.474. The van der Waals surface area contributed by atoms with Crippen LogP contribution in [0.1, 0.15) is 41.7 Å². The standard InChI is InChI=1S/C19H24N6/c1-13-17-6-7-18(22-19(17)24(3)23-13)15-5-4-10-25(11-15)12-16-8-9-20-14(2)21-16/h6-9,15H,4-5,10-12H2,1-3H3/t15-/m1/s1.